The minimum Gasteiger partial charge on any atom is -0.494 e. The average molecular weight is 416 g/mol. The summed E-state index contributed by atoms with van der Waals surface area (Å²) < 4.78 is 31.7. The van der Waals surface area contributed by atoms with Crippen LogP contribution in [0.25, 0.3) is 0 Å². The van der Waals surface area contributed by atoms with Gasteiger partial charge in [-0.25, -0.2) is 8.42 Å². The van der Waals surface area contributed by atoms with Crippen LogP contribution >= 0.6 is 0 Å². The van der Waals surface area contributed by atoms with E-state index >= 15 is 0 Å². The van der Waals surface area contributed by atoms with Gasteiger partial charge >= 0.3 is 0 Å². The van der Waals surface area contributed by atoms with Crippen LogP contribution in [0, 0.1) is 0 Å². The van der Waals surface area contributed by atoms with Gasteiger partial charge < -0.3 is 4.74 Å². The number of hydrazine groups is 1. The van der Waals surface area contributed by atoms with Crippen LogP contribution in [0.3, 0.4) is 0 Å². The van der Waals surface area contributed by atoms with Crippen LogP contribution in [0.1, 0.15) is 29.3 Å². The van der Waals surface area contributed by atoms with Crippen molar-refractivity contribution in [2.75, 3.05) is 13.2 Å². The number of hydrogen-bond acceptors (Lipinski definition) is 6. The summed E-state index contributed by atoms with van der Waals surface area (Å²) in [7, 11) is -3.61. The van der Waals surface area contributed by atoms with E-state index in [1.165, 1.54) is 6.07 Å². The number of ether oxygens (including phenoxy) is 1. The van der Waals surface area contributed by atoms with Crippen molar-refractivity contribution in [3.8, 4) is 5.75 Å². The van der Waals surface area contributed by atoms with Gasteiger partial charge in [-0.1, -0.05) is 12.1 Å². The summed E-state index contributed by atoms with van der Waals surface area (Å²) in [5.41, 5.74) is 5.46. The highest BCUT2D eigenvalue weighted by atomic mass is 32.2. The number of nitrogens with one attached hydrogen (secondary N) is 3. The van der Waals surface area contributed by atoms with E-state index < -0.39 is 21.8 Å². The molecule has 1 aliphatic rings. The lowest BCUT2D eigenvalue weighted by atomic mass is 10.2. The van der Waals surface area contributed by atoms with Gasteiger partial charge in [0, 0.05) is 17.5 Å². The zero-order valence-corrected chi connectivity index (χ0v) is 16.5. The van der Waals surface area contributed by atoms with E-state index in [1.807, 2.05) is 6.92 Å². The minimum atomic E-state index is -3.61. The number of fused-ring (bicyclic) bond motifs is 1. The van der Waals surface area contributed by atoms with Crippen LogP contribution < -0.4 is 20.3 Å². The molecule has 152 valence electrons. The van der Waals surface area contributed by atoms with Crippen molar-refractivity contribution in [2.45, 2.75) is 18.2 Å². The lowest BCUT2D eigenvalue weighted by Crippen LogP contribution is -2.41. The molecule has 0 spiro atoms. The Morgan fingerprint density at radius 2 is 1.79 bits per heavy atom. The highest BCUT2D eigenvalue weighted by molar-refractivity contribution is 7.90. The summed E-state index contributed by atoms with van der Waals surface area (Å²) in [5.74, 6) is -0.0731. The third-order valence-electron chi connectivity index (χ3n) is 4.01. The van der Waals surface area contributed by atoms with Crippen molar-refractivity contribution in [3.05, 3.63) is 59.7 Å². The van der Waals surface area contributed by atoms with Gasteiger partial charge in [-0.3, -0.25) is 30.2 Å². The predicted molar refractivity (Wildman–Crippen MR) is 106 cm³/mol. The van der Waals surface area contributed by atoms with Crippen molar-refractivity contribution in [1.29, 1.82) is 0 Å². The Bertz CT molecular complexity index is 1050. The van der Waals surface area contributed by atoms with Crippen molar-refractivity contribution in [3.63, 3.8) is 0 Å². The molecule has 1 heterocycles. The van der Waals surface area contributed by atoms with Crippen LogP contribution in [0.4, 0.5) is 0 Å². The van der Waals surface area contributed by atoms with Crippen molar-refractivity contribution in [1.82, 2.24) is 15.6 Å². The highest BCUT2D eigenvalue weighted by Crippen LogP contribution is 2.22. The largest absolute Gasteiger partial charge is 0.494 e. The first-order chi connectivity index (χ1) is 13.9. The van der Waals surface area contributed by atoms with Crippen LogP contribution in [-0.4, -0.2) is 39.2 Å². The fourth-order valence-corrected chi connectivity index (χ4v) is 3.90. The minimum absolute atomic E-state index is 0.0308. The Morgan fingerprint density at radius 1 is 1.07 bits per heavy atom. The standard InChI is InChI=1S/C19H20N4O5S/c1-2-28-14-9-7-13(8-10-14)19(25)22-21-17(24)11-12-20-18-15-5-3-4-6-16(15)29(26,27)23-18/h3-10H,2,11-12H2,1H3,(H,20,23)(H,21,24)(H,22,25). The van der Waals surface area contributed by atoms with Gasteiger partial charge in [0.15, 0.2) is 0 Å². The monoisotopic (exact) mass is 416 g/mol. The number of nitrogens with zero attached hydrogens (tertiary/aromatic N) is 1. The number of hydrogen-bond donors (Lipinski definition) is 3. The fourth-order valence-electron chi connectivity index (χ4n) is 2.65. The van der Waals surface area contributed by atoms with Crippen LogP contribution in [0.5, 0.6) is 5.75 Å². The molecule has 3 rings (SSSR count). The molecular formula is C19H20N4O5S. The molecule has 9 nitrogen and oxygen atoms in total. The summed E-state index contributed by atoms with van der Waals surface area (Å²) in [6.07, 6.45) is -0.0308. The number of sulfonamides is 1. The number of carbonyl (C=O) groups is 2. The molecule has 0 atom stereocenters. The second-order valence-corrected chi connectivity index (χ2v) is 7.69. The van der Waals surface area contributed by atoms with Gasteiger partial charge in [-0.05, 0) is 43.3 Å². The Kier molecular flexibility index (Phi) is 6.13. The van der Waals surface area contributed by atoms with Gasteiger partial charge in [0.1, 0.15) is 11.6 Å². The fraction of sp³-hybridized carbons (Fsp3) is 0.211. The number of amidine groups is 1. The molecule has 0 bridgehead atoms. The maximum Gasteiger partial charge on any atom is 0.269 e. The first-order valence-corrected chi connectivity index (χ1v) is 10.4. The molecule has 2 aromatic rings. The second kappa shape index (κ2) is 8.74. The molecule has 0 radical (unpaired) electrons. The zero-order valence-electron chi connectivity index (χ0n) is 15.6. The molecule has 0 unspecified atom stereocenters. The second-order valence-electron chi connectivity index (χ2n) is 6.04. The van der Waals surface area contributed by atoms with Crippen LogP contribution in [0.15, 0.2) is 58.4 Å². The van der Waals surface area contributed by atoms with E-state index in [0.29, 0.717) is 23.5 Å². The average Bonchev–Trinajstić information content (AvgIpc) is 2.97. The Labute approximate surface area is 168 Å². The summed E-state index contributed by atoms with van der Waals surface area (Å²) in [5, 5.41) is 0. The molecular weight excluding hydrogens is 396 g/mol. The van der Waals surface area contributed by atoms with Gasteiger partial charge in [0.25, 0.3) is 15.9 Å². The smallest absolute Gasteiger partial charge is 0.269 e. The van der Waals surface area contributed by atoms with Gasteiger partial charge in [0.2, 0.25) is 5.91 Å². The Hall–Kier alpha value is -3.40. The van der Waals surface area contributed by atoms with Gasteiger partial charge in [-0.15, -0.1) is 0 Å². The van der Waals surface area contributed by atoms with Crippen molar-refractivity contribution >= 4 is 27.7 Å². The molecule has 1 aliphatic heterocycles. The van der Waals surface area contributed by atoms with E-state index in [1.54, 1.807) is 42.5 Å². The first kappa shape index (κ1) is 20.3. The van der Waals surface area contributed by atoms with E-state index in [0.717, 1.165) is 0 Å². The third kappa shape index (κ3) is 4.91. The summed E-state index contributed by atoms with van der Waals surface area (Å²) in [6, 6.07) is 13.0. The van der Waals surface area contributed by atoms with E-state index in [9.17, 15) is 18.0 Å². The maximum atomic E-state index is 12.0. The number of carbonyl (C=O) groups excluding carboxylic acids is 2. The third-order valence-corrected chi connectivity index (χ3v) is 5.41. The number of benzene rings is 2. The predicted octanol–water partition coefficient (Wildman–Crippen LogP) is 0.975. The normalized spacial score (nSPS) is 15.3. The molecule has 2 aromatic carbocycles. The van der Waals surface area contributed by atoms with E-state index in [-0.39, 0.29) is 23.7 Å². The molecule has 0 aromatic heterocycles. The van der Waals surface area contributed by atoms with E-state index in [4.69, 9.17) is 4.74 Å². The summed E-state index contributed by atoms with van der Waals surface area (Å²) >= 11 is 0. The SMILES string of the molecule is CCOc1ccc(C(=O)NNC(=O)CCN=C2NS(=O)(=O)c3ccccc32)cc1. The Balaban J connectivity index is 1.49. The maximum absolute atomic E-state index is 12.0. The molecule has 0 saturated carbocycles. The quantitative estimate of drug-likeness (QED) is 0.605. The Morgan fingerprint density at radius 3 is 2.52 bits per heavy atom. The first-order valence-electron chi connectivity index (χ1n) is 8.89. The number of amides is 2. The number of rotatable bonds is 6. The molecule has 10 heteroatoms. The van der Waals surface area contributed by atoms with Crippen LogP contribution in [-0.2, 0) is 14.8 Å². The molecule has 0 saturated heterocycles. The van der Waals surface area contributed by atoms with Gasteiger partial charge in [-0.2, -0.15) is 0 Å². The lowest BCUT2D eigenvalue weighted by Gasteiger charge is -2.08. The molecule has 2 amide bonds. The molecule has 3 N–H and O–H groups in total. The van der Waals surface area contributed by atoms with Gasteiger partial charge in [0.05, 0.1) is 18.0 Å². The zero-order chi connectivity index (χ0) is 20.9. The molecule has 0 fully saturated rings. The molecule has 29 heavy (non-hydrogen) atoms. The topological polar surface area (TPSA) is 126 Å². The van der Waals surface area contributed by atoms with Crippen molar-refractivity contribution in [2.24, 2.45) is 4.99 Å². The van der Waals surface area contributed by atoms with Crippen molar-refractivity contribution < 1.29 is 22.7 Å². The van der Waals surface area contributed by atoms with Crippen LogP contribution in [0.2, 0.25) is 0 Å². The van der Waals surface area contributed by atoms with E-state index in [2.05, 4.69) is 20.6 Å². The summed E-state index contributed by atoms with van der Waals surface area (Å²) in [6.45, 7) is 2.44. The highest BCUT2D eigenvalue weighted by Gasteiger charge is 2.29. The summed E-state index contributed by atoms with van der Waals surface area (Å²) in [4.78, 5) is 28.3. The number of aliphatic imine (C=N–C) groups is 1. The lowest BCUT2D eigenvalue weighted by molar-refractivity contribution is -0.121. The molecule has 0 aliphatic carbocycles.